The quantitative estimate of drug-likeness (QED) is 0.813. The van der Waals surface area contributed by atoms with Gasteiger partial charge in [0.2, 0.25) is 0 Å². The fraction of sp³-hybridized carbons (Fsp3) is 0.200. The summed E-state index contributed by atoms with van der Waals surface area (Å²) < 4.78 is 51.7. The van der Waals surface area contributed by atoms with Crippen LogP contribution in [0.1, 0.15) is 22.7 Å². The van der Waals surface area contributed by atoms with Crippen LogP contribution in [0.15, 0.2) is 42.5 Å². The SMILES string of the molecule is NC(Cc1c(F)cccc1Cl)c1cccc(C(F)(F)F)c1. The van der Waals surface area contributed by atoms with Crippen LogP contribution in [0.3, 0.4) is 0 Å². The topological polar surface area (TPSA) is 26.0 Å². The van der Waals surface area contributed by atoms with Crippen molar-refractivity contribution >= 4 is 11.6 Å². The standard InChI is InChI=1S/C15H12ClF4N/c16-12-5-2-6-13(17)11(12)8-14(21)9-3-1-4-10(7-9)15(18,19)20/h1-7,14H,8,21H2. The molecule has 0 saturated heterocycles. The molecule has 2 N–H and O–H groups in total. The van der Waals surface area contributed by atoms with E-state index in [4.69, 9.17) is 17.3 Å². The lowest BCUT2D eigenvalue weighted by atomic mass is 9.97. The minimum Gasteiger partial charge on any atom is -0.324 e. The van der Waals surface area contributed by atoms with Gasteiger partial charge >= 0.3 is 6.18 Å². The van der Waals surface area contributed by atoms with E-state index < -0.39 is 23.6 Å². The molecular formula is C15H12ClF4N. The Morgan fingerprint density at radius 3 is 2.38 bits per heavy atom. The van der Waals surface area contributed by atoms with E-state index in [1.54, 1.807) is 0 Å². The number of benzene rings is 2. The Kier molecular flexibility index (Phi) is 4.54. The van der Waals surface area contributed by atoms with Crippen LogP contribution in [-0.2, 0) is 12.6 Å². The van der Waals surface area contributed by atoms with Crippen molar-refractivity contribution in [2.45, 2.75) is 18.6 Å². The van der Waals surface area contributed by atoms with Gasteiger partial charge in [0, 0.05) is 16.6 Å². The number of hydrogen-bond acceptors (Lipinski definition) is 1. The van der Waals surface area contributed by atoms with Crippen molar-refractivity contribution < 1.29 is 17.6 Å². The van der Waals surface area contributed by atoms with Crippen molar-refractivity contribution in [3.05, 3.63) is 70.0 Å². The second-order valence-electron chi connectivity index (χ2n) is 4.63. The Bertz CT molecular complexity index is 620. The first-order chi connectivity index (χ1) is 9.79. The van der Waals surface area contributed by atoms with Crippen molar-refractivity contribution in [3.8, 4) is 0 Å². The summed E-state index contributed by atoms with van der Waals surface area (Å²) in [6.07, 6.45) is -4.42. The average molecular weight is 318 g/mol. The molecule has 1 unspecified atom stereocenters. The Morgan fingerprint density at radius 2 is 1.76 bits per heavy atom. The van der Waals surface area contributed by atoms with E-state index in [9.17, 15) is 17.6 Å². The van der Waals surface area contributed by atoms with Gasteiger partial charge in [-0.1, -0.05) is 29.8 Å². The molecule has 0 spiro atoms. The van der Waals surface area contributed by atoms with Crippen molar-refractivity contribution in [2.75, 3.05) is 0 Å². The zero-order valence-electron chi connectivity index (χ0n) is 10.8. The molecule has 2 aromatic carbocycles. The summed E-state index contributed by atoms with van der Waals surface area (Å²) in [7, 11) is 0. The molecule has 0 aliphatic rings. The first kappa shape index (κ1) is 15.8. The van der Waals surface area contributed by atoms with Gasteiger partial charge in [-0.25, -0.2) is 4.39 Å². The fourth-order valence-electron chi connectivity index (χ4n) is 2.01. The first-order valence-corrected chi connectivity index (χ1v) is 6.52. The van der Waals surface area contributed by atoms with Crippen molar-refractivity contribution in [3.63, 3.8) is 0 Å². The molecule has 0 aromatic heterocycles. The predicted molar refractivity (Wildman–Crippen MR) is 73.5 cm³/mol. The van der Waals surface area contributed by atoms with Gasteiger partial charge in [-0.05, 0) is 36.2 Å². The third-order valence-corrected chi connectivity index (χ3v) is 3.48. The van der Waals surface area contributed by atoms with Crippen molar-refractivity contribution in [2.24, 2.45) is 5.73 Å². The summed E-state index contributed by atoms with van der Waals surface area (Å²) in [5, 5.41) is 0.206. The van der Waals surface area contributed by atoms with E-state index in [0.29, 0.717) is 0 Å². The van der Waals surface area contributed by atoms with Crippen LogP contribution >= 0.6 is 11.6 Å². The molecule has 0 saturated carbocycles. The molecule has 0 fully saturated rings. The zero-order valence-corrected chi connectivity index (χ0v) is 11.5. The third-order valence-electron chi connectivity index (χ3n) is 3.13. The lowest BCUT2D eigenvalue weighted by Gasteiger charge is -2.15. The molecule has 0 radical (unpaired) electrons. The highest BCUT2D eigenvalue weighted by molar-refractivity contribution is 6.31. The number of halogens is 5. The summed E-state index contributed by atoms with van der Waals surface area (Å²) in [6.45, 7) is 0. The third kappa shape index (κ3) is 3.74. The molecule has 21 heavy (non-hydrogen) atoms. The molecule has 2 aromatic rings. The minimum atomic E-state index is -4.44. The molecule has 0 amide bonds. The molecule has 0 heterocycles. The van der Waals surface area contributed by atoms with Gasteiger partial charge < -0.3 is 5.73 Å². The molecule has 0 aliphatic heterocycles. The molecular weight excluding hydrogens is 306 g/mol. The van der Waals surface area contributed by atoms with Crippen LogP contribution in [0.2, 0.25) is 5.02 Å². The maximum atomic E-state index is 13.7. The lowest BCUT2D eigenvalue weighted by Crippen LogP contribution is -2.16. The summed E-state index contributed by atoms with van der Waals surface area (Å²) in [5.41, 5.74) is 5.58. The van der Waals surface area contributed by atoms with Crippen LogP contribution in [0.25, 0.3) is 0 Å². The van der Waals surface area contributed by atoms with Gasteiger partial charge in [0.05, 0.1) is 5.56 Å². The molecule has 1 nitrogen and oxygen atoms in total. The number of rotatable bonds is 3. The van der Waals surface area contributed by atoms with Gasteiger partial charge in [-0.3, -0.25) is 0 Å². The molecule has 112 valence electrons. The van der Waals surface area contributed by atoms with E-state index >= 15 is 0 Å². The van der Waals surface area contributed by atoms with E-state index in [2.05, 4.69) is 0 Å². The van der Waals surface area contributed by atoms with E-state index in [-0.39, 0.29) is 22.6 Å². The van der Waals surface area contributed by atoms with Crippen molar-refractivity contribution in [1.29, 1.82) is 0 Å². The molecule has 1 atom stereocenters. The molecule has 2 rings (SSSR count). The molecule has 0 bridgehead atoms. The van der Waals surface area contributed by atoms with Gasteiger partial charge in [-0.2, -0.15) is 13.2 Å². The van der Waals surface area contributed by atoms with Crippen LogP contribution in [-0.4, -0.2) is 0 Å². The number of nitrogens with two attached hydrogens (primary N) is 1. The largest absolute Gasteiger partial charge is 0.416 e. The summed E-state index contributed by atoms with van der Waals surface area (Å²) in [5.74, 6) is -0.523. The Balaban J connectivity index is 2.27. The maximum Gasteiger partial charge on any atom is 0.416 e. The van der Waals surface area contributed by atoms with E-state index in [0.717, 1.165) is 12.1 Å². The Morgan fingerprint density at radius 1 is 1.10 bits per heavy atom. The van der Waals surface area contributed by atoms with E-state index in [1.807, 2.05) is 0 Å². The van der Waals surface area contributed by atoms with Crippen LogP contribution in [0, 0.1) is 5.82 Å². The Labute approximate surface area is 124 Å². The summed E-state index contributed by atoms with van der Waals surface area (Å²) in [4.78, 5) is 0. The fourth-order valence-corrected chi connectivity index (χ4v) is 2.25. The highest BCUT2D eigenvalue weighted by atomic mass is 35.5. The number of hydrogen-bond donors (Lipinski definition) is 1. The van der Waals surface area contributed by atoms with Crippen LogP contribution in [0.5, 0.6) is 0 Å². The summed E-state index contributed by atoms with van der Waals surface area (Å²) in [6, 6.07) is 8.12. The predicted octanol–water partition coefficient (Wildman–Crippen LogP) is 4.74. The minimum absolute atomic E-state index is 0.0207. The lowest BCUT2D eigenvalue weighted by molar-refractivity contribution is -0.137. The van der Waals surface area contributed by atoms with Crippen LogP contribution in [0.4, 0.5) is 17.6 Å². The molecule has 0 aliphatic carbocycles. The Hall–Kier alpha value is -1.59. The van der Waals surface area contributed by atoms with Gasteiger partial charge in [0.15, 0.2) is 0 Å². The smallest absolute Gasteiger partial charge is 0.324 e. The average Bonchev–Trinajstić information content (AvgIpc) is 2.42. The van der Waals surface area contributed by atoms with Crippen molar-refractivity contribution in [1.82, 2.24) is 0 Å². The van der Waals surface area contributed by atoms with E-state index in [1.165, 1.54) is 30.3 Å². The second kappa shape index (κ2) is 6.03. The van der Waals surface area contributed by atoms with Crippen LogP contribution < -0.4 is 5.73 Å². The summed E-state index contributed by atoms with van der Waals surface area (Å²) >= 11 is 5.89. The normalized spacial score (nSPS) is 13.2. The van der Waals surface area contributed by atoms with Gasteiger partial charge in [-0.15, -0.1) is 0 Å². The highest BCUT2D eigenvalue weighted by Gasteiger charge is 2.30. The first-order valence-electron chi connectivity index (χ1n) is 6.14. The molecule has 6 heteroatoms. The second-order valence-corrected chi connectivity index (χ2v) is 5.04. The van der Waals surface area contributed by atoms with Gasteiger partial charge in [0.25, 0.3) is 0 Å². The van der Waals surface area contributed by atoms with Gasteiger partial charge in [0.1, 0.15) is 5.82 Å². The monoisotopic (exact) mass is 317 g/mol. The highest BCUT2D eigenvalue weighted by Crippen LogP contribution is 2.31. The maximum absolute atomic E-state index is 13.7. The zero-order chi connectivity index (χ0) is 15.6. The number of alkyl halides is 3.